The van der Waals surface area contributed by atoms with E-state index in [-0.39, 0.29) is 0 Å². The number of methoxy groups -OCH3 is 1. The standard InChI is InChI=1S/C25H27N5O3S/c1-19-5-3-6-22(17-19)34(31,32)29-15-13-28(14-16-29)18-24-27-23-7-4-12-26-25(23)30(24)20-8-10-21(33-2)11-9-20/h3-12,17H,13-16,18H2,1-2H3. The summed E-state index contributed by atoms with van der Waals surface area (Å²) in [5.74, 6) is 1.66. The summed E-state index contributed by atoms with van der Waals surface area (Å²) in [5, 5.41) is 0. The normalized spacial score (nSPS) is 15.6. The Morgan fingerprint density at radius 1 is 0.971 bits per heavy atom. The molecule has 34 heavy (non-hydrogen) atoms. The van der Waals surface area contributed by atoms with Crippen molar-refractivity contribution >= 4 is 21.2 Å². The van der Waals surface area contributed by atoms with Crippen molar-refractivity contribution in [2.75, 3.05) is 33.3 Å². The Morgan fingerprint density at radius 3 is 2.44 bits per heavy atom. The lowest BCUT2D eigenvalue weighted by molar-refractivity contribution is 0.177. The molecule has 1 fully saturated rings. The first kappa shape index (κ1) is 22.5. The van der Waals surface area contributed by atoms with Crippen molar-refractivity contribution in [2.24, 2.45) is 0 Å². The Balaban J connectivity index is 1.36. The third-order valence-corrected chi connectivity index (χ3v) is 8.03. The summed E-state index contributed by atoms with van der Waals surface area (Å²) in [6.07, 6.45) is 1.77. The van der Waals surface area contributed by atoms with Crippen molar-refractivity contribution in [1.82, 2.24) is 23.7 Å². The summed E-state index contributed by atoms with van der Waals surface area (Å²) in [5.41, 5.74) is 3.51. The highest BCUT2D eigenvalue weighted by atomic mass is 32.2. The number of sulfonamides is 1. The number of aryl methyl sites for hydroxylation is 1. The molecule has 9 heteroatoms. The zero-order chi connectivity index (χ0) is 23.7. The number of hydrogen-bond donors (Lipinski definition) is 0. The van der Waals surface area contributed by atoms with Crippen LogP contribution in [-0.2, 0) is 16.6 Å². The molecule has 0 amide bonds. The second-order valence-corrected chi connectivity index (χ2v) is 10.3. The summed E-state index contributed by atoms with van der Waals surface area (Å²) in [6.45, 7) is 4.64. The largest absolute Gasteiger partial charge is 0.497 e. The van der Waals surface area contributed by atoms with Gasteiger partial charge in [-0.2, -0.15) is 4.31 Å². The van der Waals surface area contributed by atoms with E-state index in [1.165, 1.54) is 0 Å². The van der Waals surface area contributed by atoms with Crippen LogP contribution in [0.15, 0.2) is 71.8 Å². The molecule has 0 bridgehead atoms. The topological polar surface area (TPSA) is 80.6 Å². The van der Waals surface area contributed by atoms with E-state index in [9.17, 15) is 8.42 Å². The van der Waals surface area contributed by atoms with E-state index in [2.05, 4.69) is 14.5 Å². The minimum Gasteiger partial charge on any atom is -0.497 e. The predicted molar refractivity (Wildman–Crippen MR) is 131 cm³/mol. The van der Waals surface area contributed by atoms with Gasteiger partial charge in [0.1, 0.15) is 17.1 Å². The lowest BCUT2D eigenvalue weighted by atomic mass is 10.2. The average molecular weight is 478 g/mol. The second-order valence-electron chi connectivity index (χ2n) is 8.40. The molecule has 8 nitrogen and oxygen atoms in total. The van der Waals surface area contributed by atoms with Crippen LogP contribution in [0.5, 0.6) is 5.75 Å². The Bertz CT molecular complexity index is 1410. The van der Waals surface area contributed by atoms with Crippen molar-refractivity contribution in [2.45, 2.75) is 18.4 Å². The van der Waals surface area contributed by atoms with Crippen LogP contribution < -0.4 is 4.74 Å². The number of aromatic nitrogens is 3. The highest BCUT2D eigenvalue weighted by Gasteiger charge is 2.29. The van der Waals surface area contributed by atoms with E-state index in [1.54, 1.807) is 35.8 Å². The van der Waals surface area contributed by atoms with Gasteiger partial charge in [0.25, 0.3) is 0 Å². The first-order valence-electron chi connectivity index (χ1n) is 11.2. The van der Waals surface area contributed by atoms with Gasteiger partial charge in [-0.3, -0.25) is 9.47 Å². The van der Waals surface area contributed by atoms with E-state index in [0.717, 1.165) is 34.0 Å². The van der Waals surface area contributed by atoms with Crippen molar-refractivity contribution in [3.8, 4) is 11.4 Å². The van der Waals surface area contributed by atoms with Gasteiger partial charge in [-0.15, -0.1) is 0 Å². The SMILES string of the molecule is COc1ccc(-n2c(CN3CCN(S(=O)(=O)c4cccc(C)c4)CC3)nc3cccnc32)cc1. The summed E-state index contributed by atoms with van der Waals surface area (Å²) in [6, 6.07) is 18.7. The number of piperazine rings is 1. The molecule has 3 heterocycles. The smallest absolute Gasteiger partial charge is 0.243 e. The van der Waals surface area contributed by atoms with Crippen LogP contribution >= 0.6 is 0 Å². The minimum absolute atomic E-state index is 0.355. The molecular weight excluding hydrogens is 450 g/mol. The number of hydrogen-bond acceptors (Lipinski definition) is 6. The molecule has 1 aliphatic heterocycles. The Hall–Kier alpha value is -3.27. The van der Waals surface area contributed by atoms with Crippen LogP contribution in [0.4, 0.5) is 0 Å². The number of ether oxygens (including phenoxy) is 1. The van der Waals surface area contributed by atoms with E-state index in [1.807, 2.05) is 49.4 Å². The fourth-order valence-electron chi connectivity index (χ4n) is 4.32. The Kier molecular flexibility index (Phi) is 6.07. The number of rotatable bonds is 6. The van der Waals surface area contributed by atoms with E-state index >= 15 is 0 Å². The molecule has 2 aromatic carbocycles. The number of benzene rings is 2. The quantitative estimate of drug-likeness (QED) is 0.424. The highest BCUT2D eigenvalue weighted by Crippen LogP contribution is 2.24. The minimum atomic E-state index is -3.50. The van der Waals surface area contributed by atoms with Crippen LogP contribution in [0.25, 0.3) is 16.9 Å². The summed E-state index contributed by atoms with van der Waals surface area (Å²) < 4.78 is 35.1. The van der Waals surface area contributed by atoms with Gasteiger partial charge in [-0.05, 0) is 61.0 Å². The molecule has 2 aromatic heterocycles. The maximum Gasteiger partial charge on any atom is 0.243 e. The molecule has 1 saturated heterocycles. The van der Waals surface area contributed by atoms with Crippen molar-refractivity contribution in [3.63, 3.8) is 0 Å². The molecule has 4 aromatic rings. The zero-order valence-corrected chi connectivity index (χ0v) is 20.1. The third-order valence-electron chi connectivity index (χ3n) is 6.14. The molecule has 0 N–H and O–H groups in total. The first-order valence-corrected chi connectivity index (χ1v) is 12.7. The van der Waals surface area contributed by atoms with Crippen LogP contribution in [0.3, 0.4) is 0 Å². The summed E-state index contributed by atoms with van der Waals surface area (Å²) in [4.78, 5) is 12.0. The number of fused-ring (bicyclic) bond motifs is 1. The third kappa shape index (κ3) is 4.29. The van der Waals surface area contributed by atoms with Gasteiger partial charge in [0.05, 0.1) is 18.6 Å². The molecule has 0 aliphatic carbocycles. The van der Waals surface area contributed by atoms with Gasteiger partial charge in [-0.1, -0.05) is 12.1 Å². The first-order chi connectivity index (χ1) is 16.5. The van der Waals surface area contributed by atoms with Gasteiger partial charge in [0.15, 0.2) is 5.65 Å². The monoisotopic (exact) mass is 477 g/mol. The summed E-state index contributed by atoms with van der Waals surface area (Å²) >= 11 is 0. The van der Waals surface area contributed by atoms with Crippen LogP contribution in [0.1, 0.15) is 11.4 Å². The van der Waals surface area contributed by atoms with Gasteiger partial charge in [0, 0.05) is 38.1 Å². The fourth-order valence-corrected chi connectivity index (χ4v) is 5.85. The predicted octanol–water partition coefficient (Wildman–Crippen LogP) is 3.24. The van der Waals surface area contributed by atoms with Gasteiger partial charge >= 0.3 is 0 Å². The van der Waals surface area contributed by atoms with Crippen molar-refractivity contribution in [3.05, 3.63) is 78.2 Å². The zero-order valence-electron chi connectivity index (χ0n) is 19.3. The van der Waals surface area contributed by atoms with Crippen molar-refractivity contribution in [1.29, 1.82) is 0 Å². The van der Waals surface area contributed by atoms with Crippen LogP contribution in [-0.4, -0.2) is 65.4 Å². The number of nitrogens with zero attached hydrogens (tertiary/aromatic N) is 5. The van der Waals surface area contributed by atoms with Gasteiger partial charge in [0.2, 0.25) is 10.0 Å². The Labute approximate surface area is 199 Å². The molecule has 0 saturated carbocycles. The maximum atomic E-state index is 13.1. The van der Waals surface area contributed by atoms with E-state index in [4.69, 9.17) is 9.72 Å². The summed E-state index contributed by atoms with van der Waals surface area (Å²) in [7, 11) is -1.85. The molecule has 0 unspecified atom stereocenters. The molecule has 176 valence electrons. The van der Waals surface area contributed by atoms with Gasteiger partial charge in [-0.25, -0.2) is 18.4 Å². The number of imidazole rings is 1. The maximum absolute atomic E-state index is 13.1. The number of pyridine rings is 1. The van der Waals surface area contributed by atoms with Crippen LogP contribution in [0, 0.1) is 6.92 Å². The molecule has 5 rings (SSSR count). The highest BCUT2D eigenvalue weighted by molar-refractivity contribution is 7.89. The molecule has 0 spiro atoms. The lowest BCUT2D eigenvalue weighted by Crippen LogP contribution is -2.48. The molecule has 0 atom stereocenters. The van der Waals surface area contributed by atoms with Crippen molar-refractivity contribution < 1.29 is 13.2 Å². The Morgan fingerprint density at radius 2 is 1.74 bits per heavy atom. The average Bonchev–Trinajstić information content (AvgIpc) is 3.22. The van der Waals surface area contributed by atoms with Gasteiger partial charge < -0.3 is 4.74 Å². The molecule has 0 radical (unpaired) electrons. The molecule has 1 aliphatic rings. The fraction of sp³-hybridized carbons (Fsp3) is 0.280. The molecular formula is C25H27N5O3S. The van der Waals surface area contributed by atoms with E-state index in [0.29, 0.717) is 37.6 Å². The van der Waals surface area contributed by atoms with Crippen LogP contribution in [0.2, 0.25) is 0 Å². The lowest BCUT2D eigenvalue weighted by Gasteiger charge is -2.33. The van der Waals surface area contributed by atoms with E-state index < -0.39 is 10.0 Å². The second kappa shape index (κ2) is 9.17.